The number of aromatic amines is 1. The van der Waals surface area contributed by atoms with Crippen molar-refractivity contribution in [3.8, 4) is 11.1 Å². The predicted molar refractivity (Wildman–Crippen MR) is 97.9 cm³/mol. The molecule has 2 aromatic heterocycles. The SMILES string of the molecule is N[C@@H](Cc1cccc(-c2cnc3[nH]cc(C(=O)C4CC4)c3c2)c1)C(=O)O. The number of aromatic nitrogens is 2. The van der Waals surface area contributed by atoms with Gasteiger partial charge >= 0.3 is 5.97 Å². The van der Waals surface area contributed by atoms with E-state index in [0.29, 0.717) is 11.2 Å². The number of carboxylic acid groups (broad SMARTS) is 1. The summed E-state index contributed by atoms with van der Waals surface area (Å²) in [5.41, 5.74) is 9.67. The second-order valence-corrected chi connectivity index (χ2v) is 6.81. The van der Waals surface area contributed by atoms with E-state index in [0.717, 1.165) is 34.9 Å². The molecule has 4 rings (SSSR count). The Balaban J connectivity index is 1.69. The van der Waals surface area contributed by atoms with Gasteiger partial charge < -0.3 is 15.8 Å². The molecule has 0 amide bonds. The number of fused-ring (bicyclic) bond motifs is 1. The summed E-state index contributed by atoms with van der Waals surface area (Å²) >= 11 is 0. The first-order valence-corrected chi connectivity index (χ1v) is 8.62. The van der Waals surface area contributed by atoms with Gasteiger partial charge in [0.2, 0.25) is 0 Å². The molecule has 1 atom stereocenters. The first-order valence-electron chi connectivity index (χ1n) is 8.62. The number of pyridine rings is 1. The summed E-state index contributed by atoms with van der Waals surface area (Å²) in [5.74, 6) is -0.691. The van der Waals surface area contributed by atoms with E-state index >= 15 is 0 Å². The number of Topliss-reactive ketones (excluding diaryl/α,β-unsaturated/α-hetero) is 1. The number of carboxylic acids is 1. The largest absolute Gasteiger partial charge is 0.480 e. The van der Waals surface area contributed by atoms with Crippen molar-refractivity contribution in [3.63, 3.8) is 0 Å². The molecule has 3 aromatic rings. The smallest absolute Gasteiger partial charge is 0.320 e. The van der Waals surface area contributed by atoms with Crippen LogP contribution in [-0.4, -0.2) is 32.9 Å². The van der Waals surface area contributed by atoms with Gasteiger partial charge in [0.15, 0.2) is 5.78 Å². The maximum atomic E-state index is 12.5. The van der Waals surface area contributed by atoms with Crippen LogP contribution in [0.3, 0.4) is 0 Å². The first-order chi connectivity index (χ1) is 12.5. The van der Waals surface area contributed by atoms with E-state index in [2.05, 4.69) is 9.97 Å². The summed E-state index contributed by atoms with van der Waals surface area (Å²) in [6.45, 7) is 0. The Bertz CT molecular complexity index is 1000. The van der Waals surface area contributed by atoms with E-state index < -0.39 is 12.0 Å². The second-order valence-electron chi connectivity index (χ2n) is 6.81. The summed E-state index contributed by atoms with van der Waals surface area (Å²) in [4.78, 5) is 30.9. The van der Waals surface area contributed by atoms with E-state index in [1.54, 1.807) is 12.4 Å². The van der Waals surface area contributed by atoms with Crippen molar-refractivity contribution in [1.29, 1.82) is 0 Å². The van der Waals surface area contributed by atoms with Crippen LogP contribution in [0.4, 0.5) is 0 Å². The van der Waals surface area contributed by atoms with Crippen LogP contribution in [-0.2, 0) is 11.2 Å². The van der Waals surface area contributed by atoms with Crippen LogP contribution in [0.1, 0.15) is 28.8 Å². The van der Waals surface area contributed by atoms with Crippen LogP contribution in [0.2, 0.25) is 0 Å². The number of H-pyrrole nitrogens is 1. The highest BCUT2D eigenvalue weighted by Gasteiger charge is 2.31. The number of nitrogens with two attached hydrogens (primary N) is 1. The lowest BCUT2D eigenvalue weighted by Crippen LogP contribution is -2.32. The van der Waals surface area contributed by atoms with Gasteiger partial charge in [-0.3, -0.25) is 9.59 Å². The number of benzene rings is 1. The molecule has 0 saturated heterocycles. The summed E-state index contributed by atoms with van der Waals surface area (Å²) < 4.78 is 0. The number of rotatable bonds is 6. The lowest BCUT2D eigenvalue weighted by Gasteiger charge is -2.09. The monoisotopic (exact) mass is 349 g/mol. The molecule has 1 saturated carbocycles. The van der Waals surface area contributed by atoms with Crippen molar-refractivity contribution in [3.05, 3.63) is 53.9 Å². The first kappa shape index (κ1) is 16.5. The van der Waals surface area contributed by atoms with Crippen LogP contribution in [0.15, 0.2) is 42.7 Å². The molecule has 0 unspecified atom stereocenters. The van der Waals surface area contributed by atoms with E-state index in [-0.39, 0.29) is 18.1 Å². The second kappa shape index (κ2) is 6.38. The van der Waals surface area contributed by atoms with Crippen molar-refractivity contribution >= 4 is 22.8 Å². The molecule has 132 valence electrons. The predicted octanol–water partition coefficient (Wildman–Crippen LogP) is 2.78. The number of hydrogen-bond acceptors (Lipinski definition) is 4. The molecular formula is C20H19N3O3. The fourth-order valence-electron chi connectivity index (χ4n) is 3.15. The zero-order chi connectivity index (χ0) is 18.3. The summed E-state index contributed by atoms with van der Waals surface area (Å²) in [7, 11) is 0. The number of ketones is 1. The summed E-state index contributed by atoms with van der Waals surface area (Å²) in [6, 6.07) is 8.62. The quantitative estimate of drug-likeness (QED) is 0.593. The number of nitrogens with zero attached hydrogens (tertiary/aromatic N) is 1. The molecule has 6 heteroatoms. The molecule has 1 aliphatic rings. The minimum Gasteiger partial charge on any atom is -0.480 e. The van der Waals surface area contributed by atoms with Gasteiger partial charge in [0, 0.05) is 34.8 Å². The fourth-order valence-corrected chi connectivity index (χ4v) is 3.15. The lowest BCUT2D eigenvalue weighted by atomic mass is 9.99. The summed E-state index contributed by atoms with van der Waals surface area (Å²) in [5, 5.41) is 9.81. The van der Waals surface area contributed by atoms with Crippen molar-refractivity contribution in [1.82, 2.24) is 9.97 Å². The maximum absolute atomic E-state index is 12.5. The molecule has 1 fully saturated rings. The van der Waals surface area contributed by atoms with Crippen LogP contribution < -0.4 is 5.73 Å². The zero-order valence-corrected chi connectivity index (χ0v) is 14.1. The molecule has 0 spiro atoms. The van der Waals surface area contributed by atoms with Crippen LogP contribution >= 0.6 is 0 Å². The number of carbonyl (C=O) groups is 2. The molecule has 6 nitrogen and oxygen atoms in total. The Labute approximate surface area is 150 Å². The molecule has 4 N–H and O–H groups in total. The van der Waals surface area contributed by atoms with Crippen molar-refractivity contribution in [2.24, 2.45) is 11.7 Å². The van der Waals surface area contributed by atoms with E-state index in [1.165, 1.54) is 0 Å². The minimum absolute atomic E-state index is 0.151. The van der Waals surface area contributed by atoms with E-state index in [1.807, 2.05) is 30.3 Å². The van der Waals surface area contributed by atoms with Gasteiger partial charge in [-0.05, 0) is 36.5 Å². The maximum Gasteiger partial charge on any atom is 0.320 e. The van der Waals surface area contributed by atoms with Crippen LogP contribution in [0, 0.1) is 5.92 Å². The van der Waals surface area contributed by atoms with E-state index in [4.69, 9.17) is 10.8 Å². The molecule has 0 bridgehead atoms. The average molecular weight is 349 g/mol. The van der Waals surface area contributed by atoms with Gasteiger partial charge in [-0.15, -0.1) is 0 Å². The molecule has 26 heavy (non-hydrogen) atoms. The third kappa shape index (κ3) is 3.11. The van der Waals surface area contributed by atoms with Crippen LogP contribution in [0.25, 0.3) is 22.2 Å². The van der Waals surface area contributed by atoms with Crippen molar-refractivity contribution in [2.45, 2.75) is 25.3 Å². The molecule has 1 aliphatic carbocycles. The number of carbonyl (C=O) groups excluding carboxylic acids is 1. The standard InChI is InChI=1S/C20H19N3O3/c21-17(20(25)26)7-11-2-1-3-13(6-11)14-8-15-16(18(24)12-4-5-12)10-23-19(15)22-9-14/h1-3,6,8-10,12,17H,4-5,7,21H2,(H,22,23)(H,25,26)/t17-/m0/s1. The highest BCUT2D eigenvalue weighted by atomic mass is 16.4. The van der Waals surface area contributed by atoms with Gasteiger partial charge in [-0.1, -0.05) is 24.3 Å². The minimum atomic E-state index is -1.02. The topological polar surface area (TPSA) is 109 Å². The Morgan fingerprint density at radius 1 is 1.27 bits per heavy atom. The van der Waals surface area contributed by atoms with E-state index in [9.17, 15) is 9.59 Å². The van der Waals surface area contributed by atoms with Crippen molar-refractivity contribution < 1.29 is 14.7 Å². The fraction of sp³-hybridized carbons (Fsp3) is 0.250. The highest BCUT2D eigenvalue weighted by molar-refractivity contribution is 6.09. The van der Waals surface area contributed by atoms with Crippen LogP contribution in [0.5, 0.6) is 0 Å². The molecule has 1 aromatic carbocycles. The average Bonchev–Trinajstić information content (AvgIpc) is 3.40. The van der Waals surface area contributed by atoms with Gasteiger partial charge in [-0.25, -0.2) is 4.98 Å². The Kier molecular flexibility index (Phi) is 4.05. The number of aliphatic carboxylic acids is 1. The molecular weight excluding hydrogens is 330 g/mol. The molecule has 0 radical (unpaired) electrons. The normalized spacial score (nSPS) is 15.1. The Morgan fingerprint density at radius 2 is 2.08 bits per heavy atom. The van der Waals surface area contributed by atoms with Gasteiger partial charge in [0.1, 0.15) is 11.7 Å². The lowest BCUT2D eigenvalue weighted by molar-refractivity contribution is -0.138. The third-order valence-corrected chi connectivity index (χ3v) is 4.78. The molecule has 0 aliphatic heterocycles. The number of hydrogen-bond donors (Lipinski definition) is 3. The third-order valence-electron chi connectivity index (χ3n) is 4.78. The van der Waals surface area contributed by atoms with Gasteiger partial charge in [-0.2, -0.15) is 0 Å². The summed E-state index contributed by atoms with van der Waals surface area (Å²) in [6.07, 6.45) is 5.67. The highest BCUT2D eigenvalue weighted by Crippen LogP contribution is 2.35. The number of nitrogens with one attached hydrogen (secondary N) is 1. The van der Waals surface area contributed by atoms with Gasteiger partial charge in [0.05, 0.1) is 0 Å². The zero-order valence-electron chi connectivity index (χ0n) is 14.1. The Hall–Kier alpha value is -2.99. The molecule has 2 heterocycles. The Morgan fingerprint density at radius 3 is 2.81 bits per heavy atom. The van der Waals surface area contributed by atoms with Gasteiger partial charge in [0.25, 0.3) is 0 Å². The van der Waals surface area contributed by atoms with Crippen molar-refractivity contribution in [2.75, 3.05) is 0 Å².